The number of aromatic nitrogens is 4. The summed E-state index contributed by atoms with van der Waals surface area (Å²) < 4.78 is 2.06. The van der Waals surface area contributed by atoms with Crippen LogP contribution >= 0.6 is 0 Å². The van der Waals surface area contributed by atoms with Gasteiger partial charge in [-0.15, -0.1) is 0 Å². The number of anilines is 1. The van der Waals surface area contributed by atoms with Crippen LogP contribution in [0.1, 0.15) is 32.9 Å². The highest BCUT2D eigenvalue weighted by Gasteiger charge is 2.11. The van der Waals surface area contributed by atoms with Crippen LogP contribution in [0.15, 0.2) is 18.6 Å². The fourth-order valence-electron chi connectivity index (χ4n) is 2.08. The first-order valence-corrected chi connectivity index (χ1v) is 6.74. The van der Waals surface area contributed by atoms with Gasteiger partial charge >= 0.3 is 0 Å². The minimum atomic E-state index is 0.518. The summed E-state index contributed by atoms with van der Waals surface area (Å²) in [7, 11) is 0. The average molecular weight is 259 g/mol. The molecule has 102 valence electrons. The first-order chi connectivity index (χ1) is 9.10. The molecule has 0 aliphatic rings. The molecule has 0 aliphatic heterocycles. The van der Waals surface area contributed by atoms with E-state index in [1.807, 2.05) is 12.4 Å². The Hall–Kier alpha value is -1.91. The molecule has 2 N–H and O–H groups in total. The Morgan fingerprint density at radius 3 is 2.79 bits per heavy atom. The van der Waals surface area contributed by atoms with E-state index in [4.69, 9.17) is 5.73 Å². The quantitative estimate of drug-likeness (QED) is 0.895. The van der Waals surface area contributed by atoms with Crippen LogP contribution in [0.5, 0.6) is 0 Å². The summed E-state index contributed by atoms with van der Waals surface area (Å²) in [6, 6.07) is 1.85. The number of nitrogen functional groups attached to an aromatic ring is 1. The highest BCUT2D eigenvalue weighted by atomic mass is 15.1. The summed E-state index contributed by atoms with van der Waals surface area (Å²) in [6.45, 7) is 7.37. The van der Waals surface area contributed by atoms with E-state index in [1.165, 1.54) is 0 Å². The van der Waals surface area contributed by atoms with Gasteiger partial charge in [0, 0.05) is 18.3 Å². The molecule has 0 atom stereocenters. The maximum Gasteiger partial charge on any atom is 0.180 e. The predicted molar refractivity (Wildman–Crippen MR) is 76.5 cm³/mol. The van der Waals surface area contributed by atoms with Crippen molar-refractivity contribution in [2.45, 2.75) is 40.2 Å². The van der Waals surface area contributed by atoms with Crippen LogP contribution in [0.2, 0.25) is 0 Å². The van der Waals surface area contributed by atoms with Crippen molar-refractivity contribution in [3.63, 3.8) is 0 Å². The predicted octanol–water partition coefficient (Wildman–Crippen LogP) is 2.53. The Kier molecular flexibility index (Phi) is 4.14. The molecule has 0 saturated heterocycles. The molecule has 2 aromatic rings. The minimum Gasteiger partial charge on any atom is -0.384 e. The van der Waals surface area contributed by atoms with Crippen LogP contribution in [0.25, 0.3) is 11.5 Å². The Balaban J connectivity index is 2.38. The lowest BCUT2D eigenvalue weighted by molar-refractivity contribution is 0.633. The third-order valence-electron chi connectivity index (χ3n) is 2.82. The molecule has 0 amide bonds. The van der Waals surface area contributed by atoms with Crippen molar-refractivity contribution in [1.29, 1.82) is 0 Å². The van der Waals surface area contributed by atoms with Crippen LogP contribution < -0.4 is 5.73 Å². The largest absolute Gasteiger partial charge is 0.384 e. The van der Waals surface area contributed by atoms with Crippen LogP contribution in [0.3, 0.4) is 0 Å². The van der Waals surface area contributed by atoms with Gasteiger partial charge in [0.1, 0.15) is 11.5 Å². The van der Waals surface area contributed by atoms with E-state index in [-0.39, 0.29) is 0 Å². The van der Waals surface area contributed by atoms with E-state index in [1.54, 1.807) is 6.20 Å². The number of nitrogens with two attached hydrogens (primary N) is 1. The van der Waals surface area contributed by atoms with E-state index in [0.29, 0.717) is 17.6 Å². The molecule has 0 fully saturated rings. The number of hydrogen-bond acceptors (Lipinski definition) is 4. The zero-order valence-electron chi connectivity index (χ0n) is 11.8. The summed E-state index contributed by atoms with van der Waals surface area (Å²) in [5.74, 6) is 1.73. The van der Waals surface area contributed by atoms with Gasteiger partial charge in [-0.3, -0.25) is 0 Å². The van der Waals surface area contributed by atoms with Crippen molar-refractivity contribution < 1.29 is 0 Å². The summed E-state index contributed by atoms with van der Waals surface area (Å²) in [6.07, 6.45) is 5.56. The molecule has 0 aliphatic carbocycles. The first-order valence-electron chi connectivity index (χ1n) is 6.74. The van der Waals surface area contributed by atoms with Crippen molar-refractivity contribution in [2.24, 2.45) is 5.92 Å². The van der Waals surface area contributed by atoms with E-state index >= 15 is 0 Å². The number of aryl methyl sites for hydroxylation is 1. The summed E-state index contributed by atoms with van der Waals surface area (Å²) >= 11 is 0. The van der Waals surface area contributed by atoms with Crippen molar-refractivity contribution >= 4 is 5.82 Å². The molecular formula is C14H21N5. The molecule has 0 unspecified atom stereocenters. The molecule has 0 spiro atoms. The topological polar surface area (TPSA) is 69.6 Å². The molecule has 2 heterocycles. The lowest BCUT2D eigenvalue weighted by Crippen LogP contribution is -2.06. The SMILES string of the molecule is CCCn1cncc1-c1nc(N)cc(CC(C)C)n1. The molecule has 5 nitrogen and oxygen atoms in total. The van der Waals surface area contributed by atoms with Crippen molar-refractivity contribution in [3.8, 4) is 11.5 Å². The number of imidazole rings is 1. The van der Waals surface area contributed by atoms with Gasteiger partial charge in [-0.2, -0.15) is 0 Å². The second kappa shape index (κ2) is 5.82. The maximum absolute atomic E-state index is 5.88. The van der Waals surface area contributed by atoms with Crippen LogP contribution in [-0.4, -0.2) is 19.5 Å². The molecule has 0 radical (unpaired) electrons. The van der Waals surface area contributed by atoms with Crippen molar-refractivity contribution in [1.82, 2.24) is 19.5 Å². The smallest absolute Gasteiger partial charge is 0.180 e. The fraction of sp³-hybridized carbons (Fsp3) is 0.500. The van der Waals surface area contributed by atoms with Gasteiger partial charge in [0.15, 0.2) is 5.82 Å². The van der Waals surface area contributed by atoms with Gasteiger partial charge in [-0.25, -0.2) is 15.0 Å². The summed E-state index contributed by atoms with van der Waals surface area (Å²) in [5, 5.41) is 0. The normalized spacial score (nSPS) is 11.2. The molecule has 0 saturated carbocycles. The highest BCUT2D eigenvalue weighted by molar-refractivity contribution is 5.51. The third kappa shape index (κ3) is 3.30. The lowest BCUT2D eigenvalue weighted by atomic mass is 10.1. The number of hydrogen-bond donors (Lipinski definition) is 1. The van der Waals surface area contributed by atoms with Gasteiger partial charge in [0.2, 0.25) is 0 Å². The fourth-order valence-corrected chi connectivity index (χ4v) is 2.08. The van der Waals surface area contributed by atoms with Crippen LogP contribution in [0, 0.1) is 5.92 Å². The molecular weight excluding hydrogens is 238 g/mol. The number of rotatable bonds is 5. The maximum atomic E-state index is 5.88. The van der Waals surface area contributed by atoms with Gasteiger partial charge < -0.3 is 10.3 Å². The molecule has 0 aromatic carbocycles. The lowest BCUT2D eigenvalue weighted by Gasteiger charge is -2.09. The summed E-state index contributed by atoms with van der Waals surface area (Å²) in [4.78, 5) is 13.1. The summed E-state index contributed by atoms with van der Waals surface area (Å²) in [5.41, 5.74) is 7.80. The Morgan fingerprint density at radius 1 is 1.32 bits per heavy atom. The monoisotopic (exact) mass is 259 g/mol. The second-order valence-corrected chi connectivity index (χ2v) is 5.18. The highest BCUT2D eigenvalue weighted by Crippen LogP contribution is 2.18. The van der Waals surface area contributed by atoms with Crippen molar-refractivity contribution in [2.75, 3.05) is 5.73 Å². The van der Waals surface area contributed by atoms with Crippen LogP contribution in [-0.2, 0) is 13.0 Å². The van der Waals surface area contributed by atoms with E-state index in [2.05, 4.69) is 40.3 Å². The standard InChI is InChI=1S/C14H21N5/c1-4-5-19-9-16-8-12(19)14-17-11(6-10(2)3)7-13(15)18-14/h7-10H,4-6H2,1-3H3,(H2,15,17,18). The van der Waals surface area contributed by atoms with E-state index in [0.717, 1.165) is 30.8 Å². The zero-order valence-corrected chi connectivity index (χ0v) is 11.8. The molecule has 2 aromatic heterocycles. The molecule has 19 heavy (non-hydrogen) atoms. The van der Waals surface area contributed by atoms with Gasteiger partial charge in [0.25, 0.3) is 0 Å². The van der Waals surface area contributed by atoms with Gasteiger partial charge in [-0.1, -0.05) is 20.8 Å². The van der Waals surface area contributed by atoms with Crippen molar-refractivity contribution in [3.05, 3.63) is 24.3 Å². The van der Waals surface area contributed by atoms with E-state index in [9.17, 15) is 0 Å². The second-order valence-electron chi connectivity index (χ2n) is 5.18. The van der Waals surface area contributed by atoms with Gasteiger partial charge in [0.05, 0.1) is 12.5 Å². The Bertz CT molecular complexity index is 545. The zero-order chi connectivity index (χ0) is 13.8. The average Bonchev–Trinajstić information content (AvgIpc) is 2.76. The molecule has 5 heteroatoms. The minimum absolute atomic E-state index is 0.518. The van der Waals surface area contributed by atoms with E-state index < -0.39 is 0 Å². The molecule has 0 bridgehead atoms. The number of nitrogens with zero attached hydrogens (tertiary/aromatic N) is 4. The van der Waals surface area contributed by atoms with Crippen LogP contribution in [0.4, 0.5) is 5.82 Å². The Labute approximate surface area is 113 Å². The molecule has 2 rings (SSSR count). The Morgan fingerprint density at radius 2 is 2.11 bits per heavy atom. The third-order valence-corrected chi connectivity index (χ3v) is 2.82. The first kappa shape index (κ1) is 13.5. The van der Waals surface area contributed by atoms with Gasteiger partial charge in [-0.05, 0) is 18.8 Å².